The fraction of sp³-hybridized carbons (Fsp3) is 0.333. The monoisotopic (exact) mass is 287 g/mol. The Balaban J connectivity index is 1.83. The van der Waals surface area contributed by atoms with Gasteiger partial charge in [0.25, 0.3) is 0 Å². The van der Waals surface area contributed by atoms with E-state index in [1.54, 1.807) is 18.2 Å². The van der Waals surface area contributed by atoms with Gasteiger partial charge in [-0.05, 0) is 79.2 Å². The second-order valence-corrected chi connectivity index (χ2v) is 5.73. The number of hydrogen-bond donors (Lipinski definition) is 1. The molecule has 0 spiro atoms. The Hall–Kier alpha value is -1.74. The van der Waals surface area contributed by atoms with Crippen molar-refractivity contribution in [1.82, 2.24) is 5.32 Å². The quantitative estimate of drug-likeness (QED) is 0.893. The van der Waals surface area contributed by atoms with Crippen LogP contribution in [-0.2, 0) is 6.42 Å². The van der Waals surface area contributed by atoms with Gasteiger partial charge in [0, 0.05) is 0 Å². The molecule has 1 atom stereocenters. The Labute approximate surface area is 124 Å². The van der Waals surface area contributed by atoms with Crippen LogP contribution in [0.2, 0.25) is 0 Å². The molecule has 0 radical (unpaired) electrons. The van der Waals surface area contributed by atoms with Crippen molar-refractivity contribution >= 4 is 0 Å². The number of rotatable bonds is 3. The number of halogens is 2. The van der Waals surface area contributed by atoms with Gasteiger partial charge in [0.05, 0.1) is 0 Å². The molecule has 110 valence electrons. The molecular formula is C18H19F2N. The number of hydrogen-bond acceptors (Lipinski definition) is 1. The van der Waals surface area contributed by atoms with Crippen LogP contribution in [0.3, 0.4) is 0 Å². The van der Waals surface area contributed by atoms with Crippen LogP contribution in [-0.4, -0.2) is 13.1 Å². The molecule has 0 aliphatic carbocycles. The summed E-state index contributed by atoms with van der Waals surface area (Å²) in [7, 11) is 0. The summed E-state index contributed by atoms with van der Waals surface area (Å²) >= 11 is 0. The number of nitrogens with one attached hydrogen (secondary N) is 1. The average molecular weight is 287 g/mol. The first-order valence-electron chi connectivity index (χ1n) is 7.47. The molecule has 3 rings (SSSR count). The molecule has 1 aliphatic rings. The Kier molecular flexibility index (Phi) is 4.30. The molecule has 1 nitrogen and oxygen atoms in total. The summed E-state index contributed by atoms with van der Waals surface area (Å²) in [4.78, 5) is 0. The van der Waals surface area contributed by atoms with E-state index in [1.807, 2.05) is 6.07 Å². The van der Waals surface area contributed by atoms with Crippen LogP contribution in [0, 0.1) is 17.6 Å². The zero-order chi connectivity index (χ0) is 14.7. The molecule has 2 aromatic rings. The summed E-state index contributed by atoms with van der Waals surface area (Å²) in [6, 6.07) is 11.5. The van der Waals surface area contributed by atoms with Gasteiger partial charge in [-0.1, -0.05) is 18.2 Å². The van der Waals surface area contributed by atoms with E-state index >= 15 is 0 Å². The Morgan fingerprint density at radius 2 is 1.76 bits per heavy atom. The molecule has 0 saturated carbocycles. The first-order chi connectivity index (χ1) is 10.2. The van der Waals surface area contributed by atoms with Crippen molar-refractivity contribution in [3.8, 4) is 11.1 Å². The van der Waals surface area contributed by atoms with Crippen molar-refractivity contribution < 1.29 is 8.78 Å². The zero-order valence-corrected chi connectivity index (χ0v) is 11.9. The van der Waals surface area contributed by atoms with Crippen molar-refractivity contribution in [2.24, 2.45) is 5.92 Å². The van der Waals surface area contributed by atoms with Gasteiger partial charge in [-0.25, -0.2) is 8.78 Å². The predicted octanol–water partition coefficient (Wildman–Crippen LogP) is 4.17. The molecule has 1 unspecified atom stereocenters. The van der Waals surface area contributed by atoms with Gasteiger partial charge in [-0.15, -0.1) is 0 Å². The smallest absolute Gasteiger partial charge is 0.126 e. The van der Waals surface area contributed by atoms with Crippen LogP contribution in [0.15, 0.2) is 42.5 Å². The lowest BCUT2D eigenvalue weighted by Gasteiger charge is -2.23. The van der Waals surface area contributed by atoms with Gasteiger partial charge in [0.2, 0.25) is 0 Å². The molecule has 21 heavy (non-hydrogen) atoms. The van der Waals surface area contributed by atoms with Gasteiger partial charge in [0.1, 0.15) is 11.6 Å². The highest BCUT2D eigenvalue weighted by atomic mass is 19.1. The molecule has 1 N–H and O–H groups in total. The van der Waals surface area contributed by atoms with Crippen LogP contribution in [0.4, 0.5) is 8.78 Å². The van der Waals surface area contributed by atoms with Crippen LogP contribution in [0.25, 0.3) is 11.1 Å². The lowest BCUT2D eigenvalue weighted by molar-refractivity contribution is 0.372. The molecular weight excluding hydrogens is 268 g/mol. The molecule has 3 heteroatoms. The molecule has 1 saturated heterocycles. The van der Waals surface area contributed by atoms with Crippen molar-refractivity contribution in [3.05, 3.63) is 59.7 Å². The van der Waals surface area contributed by atoms with Crippen LogP contribution in [0.5, 0.6) is 0 Å². The van der Waals surface area contributed by atoms with E-state index in [1.165, 1.54) is 18.2 Å². The van der Waals surface area contributed by atoms with E-state index in [9.17, 15) is 8.78 Å². The van der Waals surface area contributed by atoms with Gasteiger partial charge in [0.15, 0.2) is 0 Å². The predicted molar refractivity (Wildman–Crippen MR) is 81.1 cm³/mol. The highest BCUT2D eigenvalue weighted by Gasteiger charge is 2.16. The minimum absolute atomic E-state index is 0.147. The number of piperidine rings is 1. The third-order valence-corrected chi connectivity index (χ3v) is 4.13. The molecule has 0 bridgehead atoms. The second-order valence-electron chi connectivity index (χ2n) is 5.73. The summed E-state index contributed by atoms with van der Waals surface area (Å²) in [6.07, 6.45) is 3.06. The Morgan fingerprint density at radius 3 is 2.48 bits per heavy atom. The van der Waals surface area contributed by atoms with E-state index in [-0.39, 0.29) is 11.6 Å². The number of benzene rings is 2. The van der Waals surface area contributed by atoms with E-state index in [0.717, 1.165) is 49.0 Å². The summed E-state index contributed by atoms with van der Waals surface area (Å²) in [6.45, 7) is 2.02. The molecule has 0 aromatic heterocycles. The van der Waals surface area contributed by atoms with E-state index in [2.05, 4.69) is 5.32 Å². The van der Waals surface area contributed by atoms with Crippen molar-refractivity contribution in [3.63, 3.8) is 0 Å². The SMILES string of the molecule is Fc1ccc(-c2ccc(F)c(CC3CCCNC3)c2)cc1. The normalized spacial score (nSPS) is 18.7. The van der Waals surface area contributed by atoms with E-state index < -0.39 is 0 Å². The van der Waals surface area contributed by atoms with Crippen molar-refractivity contribution in [2.45, 2.75) is 19.3 Å². The van der Waals surface area contributed by atoms with E-state index in [0.29, 0.717) is 5.92 Å². The van der Waals surface area contributed by atoms with Crippen LogP contribution in [0.1, 0.15) is 18.4 Å². The first kappa shape index (κ1) is 14.2. The van der Waals surface area contributed by atoms with Crippen molar-refractivity contribution in [1.29, 1.82) is 0 Å². The Morgan fingerprint density at radius 1 is 1.00 bits per heavy atom. The fourth-order valence-electron chi connectivity index (χ4n) is 2.96. The van der Waals surface area contributed by atoms with E-state index in [4.69, 9.17) is 0 Å². The molecule has 1 fully saturated rings. The topological polar surface area (TPSA) is 12.0 Å². The summed E-state index contributed by atoms with van der Waals surface area (Å²) in [5.74, 6) is 0.0949. The molecule has 1 heterocycles. The maximum atomic E-state index is 14.0. The van der Waals surface area contributed by atoms with Gasteiger partial charge in [-0.3, -0.25) is 0 Å². The van der Waals surface area contributed by atoms with Gasteiger partial charge < -0.3 is 5.32 Å². The zero-order valence-electron chi connectivity index (χ0n) is 11.9. The standard InChI is InChI=1S/C18H19F2N/c19-17-6-3-14(4-7-17)15-5-8-18(20)16(11-15)10-13-2-1-9-21-12-13/h3-8,11,13,21H,1-2,9-10,12H2. The maximum Gasteiger partial charge on any atom is 0.126 e. The van der Waals surface area contributed by atoms with Gasteiger partial charge >= 0.3 is 0 Å². The third kappa shape index (κ3) is 3.48. The lowest BCUT2D eigenvalue weighted by atomic mass is 9.91. The largest absolute Gasteiger partial charge is 0.316 e. The summed E-state index contributed by atoms with van der Waals surface area (Å²) in [5, 5.41) is 3.36. The Bertz CT molecular complexity index is 601. The molecule has 0 amide bonds. The van der Waals surface area contributed by atoms with Crippen LogP contribution < -0.4 is 5.32 Å². The van der Waals surface area contributed by atoms with Crippen molar-refractivity contribution in [2.75, 3.05) is 13.1 Å². The highest BCUT2D eigenvalue weighted by Crippen LogP contribution is 2.25. The highest BCUT2D eigenvalue weighted by molar-refractivity contribution is 5.64. The van der Waals surface area contributed by atoms with Gasteiger partial charge in [-0.2, -0.15) is 0 Å². The average Bonchev–Trinajstić information content (AvgIpc) is 2.51. The maximum absolute atomic E-state index is 14.0. The second kappa shape index (κ2) is 6.35. The minimum Gasteiger partial charge on any atom is -0.316 e. The minimum atomic E-state index is -0.255. The lowest BCUT2D eigenvalue weighted by Crippen LogP contribution is -2.31. The molecule has 1 aliphatic heterocycles. The summed E-state index contributed by atoms with van der Waals surface area (Å²) < 4.78 is 27.0. The fourth-order valence-corrected chi connectivity index (χ4v) is 2.96. The molecule has 2 aromatic carbocycles. The summed E-state index contributed by atoms with van der Waals surface area (Å²) in [5.41, 5.74) is 2.61. The third-order valence-electron chi connectivity index (χ3n) is 4.13. The first-order valence-corrected chi connectivity index (χ1v) is 7.47. The van der Waals surface area contributed by atoms with Crippen LogP contribution >= 0.6 is 0 Å².